The molecule has 19 heavy (non-hydrogen) atoms. The molecule has 0 aromatic heterocycles. The highest BCUT2D eigenvalue weighted by atomic mass is 35.5. The lowest BCUT2D eigenvalue weighted by Gasteiger charge is -2.06. The van der Waals surface area contributed by atoms with Crippen molar-refractivity contribution in [2.45, 2.75) is 17.6 Å². The molecule has 0 heterocycles. The predicted molar refractivity (Wildman–Crippen MR) is 79.2 cm³/mol. The van der Waals surface area contributed by atoms with Crippen LogP contribution in [0.3, 0.4) is 0 Å². The molecule has 2 aromatic rings. The van der Waals surface area contributed by atoms with Crippen molar-refractivity contribution in [1.82, 2.24) is 0 Å². The predicted octanol–water partition coefficient (Wildman–Crippen LogP) is 4.64. The Balaban J connectivity index is 2.14. The van der Waals surface area contributed by atoms with Crippen molar-refractivity contribution < 1.29 is 9.90 Å². The Kier molecular flexibility index (Phi) is 4.51. The lowest BCUT2D eigenvalue weighted by Crippen LogP contribution is -1.99. The summed E-state index contributed by atoms with van der Waals surface area (Å²) >= 11 is 7.67. The topological polar surface area (TPSA) is 37.3 Å². The highest BCUT2D eigenvalue weighted by Crippen LogP contribution is 2.28. The van der Waals surface area contributed by atoms with Crippen LogP contribution in [0, 0.1) is 6.92 Å². The van der Waals surface area contributed by atoms with Crippen LogP contribution in [0.5, 0.6) is 0 Å². The van der Waals surface area contributed by atoms with Crippen LogP contribution < -0.4 is 0 Å². The molecule has 0 bridgehead atoms. The van der Waals surface area contributed by atoms with E-state index in [0.29, 0.717) is 5.56 Å². The van der Waals surface area contributed by atoms with Gasteiger partial charge in [0.25, 0.3) is 0 Å². The fourth-order valence-electron chi connectivity index (χ4n) is 1.70. The first kappa shape index (κ1) is 14.0. The zero-order valence-corrected chi connectivity index (χ0v) is 12.0. The van der Waals surface area contributed by atoms with Crippen LogP contribution in [0.25, 0.3) is 0 Å². The number of aromatic carboxylic acids is 1. The van der Waals surface area contributed by atoms with Gasteiger partial charge in [-0.2, -0.15) is 0 Å². The summed E-state index contributed by atoms with van der Waals surface area (Å²) in [5, 5.41) is 9.83. The summed E-state index contributed by atoms with van der Waals surface area (Å²) in [5.74, 6) is -0.167. The van der Waals surface area contributed by atoms with Gasteiger partial charge in [0.15, 0.2) is 0 Å². The summed E-state index contributed by atoms with van der Waals surface area (Å²) < 4.78 is 0. The van der Waals surface area contributed by atoms with E-state index in [9.17, 15) is 4.79 Å². The summed E-state index contributed by atoms with van der Waals surface area (Å²) in [4.78, 5) is 12.0. The molecule has 2 rings (SSSR count). The molecule has 2 aromatic carbocycles. The number of carboxylic acids is 1. The number of hydrogen-bond acceptors (Lipinski definition) is 2. The van der Waals surface area contributed by atoms with E-state index in [4.69, 9.17) is 16.7 Å². The van der Waals surface area contributed by atoms with Crippen LogP contribution >= 0.6 is 23.4 Å². The molecule has 0 aliphatic heterocycles. The molecule has 0 saturated heterocycles. The zero-order valence-electron chi connectivity index (χ0n) is 10.4. The molecule has 2 nitrogen and oxygen atoms in total. The number of thioether (sulfide) groups is 1. The molecular weight excluding hydrogens is 280 g/mol. The molecule has 98 valence electrons. The van der Waals surface area contributed by atoms with Crippen molar-refractivity contribution in [2.24, 2.45) is 0 Å². The molecule has 0 aliphatic carbocycles. The molecule has 0 amide bonds. The number of carbonyl (C=O) groups is 1. The Morgan fingerprint density at radius 3 is 2.68 bits per heavy atom. The second-order valence-corrected chi connectivity index (χ2v) is 5.62. The summed E-state index contributed by atoms with van der Waals surface area (Å²) in [6.45, 7) is 1.80. The maximum Gasteiger partial charge on any atom is 0.335 e. The largest absolute Gasteiger partial charge is 0.478 e. The van der Waals surface area contributed by atoms with Crippen LogP contribution in [-0.2, 0) is 5.75 Å². The van der Waals surface area contributed by atoms with Crippen LogP contribution in [0.4, 0.5) is 0 Å². The first-order valence-corrected chi connectivity index (χ1v) is 7.14. The molecule has 0 spiro atoms. The summed E-state index contributed by atoms with van der Waals surface area (Å²) in [6.07, 6.45) is 0. The third-order valence-electron chi connectivity index (χ3n) is 2.79. The van der Waals surface area contributed by atoms with Crippen molar-refractivity contribution in [2.75, 3.05) is 0 Å². The fraction of sp³-hybridized carbons (Fsp3) is 0.133. The second-order valence-electron chi connectivity index (χ2n) is 4.16. The number of carboxylic acid groups (broad SMARTS) is 1. The molecular formula is C15H13ClO2S. The Bertz CT molecular complexity index is 611. The van der Waals surface area contributed by atoms with E-state index >= 15 is 0 Å². The Hall–Kier alpha value is -1.45. The van der Waals surface area contributed by atoms with E-state index in [0.717, 1.165) is 26.8 Å². The maximum atomic E-state index is 11.1. The van der Waals surface area contributed by atoms with Gasteiger partial charge in [0.2, 0.25) is 0 Å². The smallest absolute Gasteiger partial charge is 0.335 e. The van der Waals surface area contributed by atoms with Crippen molar-refractivity contribution in [1.29, 1.82) is 0 Å². The number of benzene rings is 2. The minimum absolute atomic E-state index is 0.351. The SMILES string of the molecule is Cc1ccc(SCc2ccccc2Cl)cc1C(=O)O. The highest BCUT2D eigenvalue weighted by molar-refractivity contribution is 7.98. The van der Waals surface area contributed by atoms with Gasteiger partial charge in [-0.05, 0) is 36.2 Å². The van der Waals surface area contributed by atoms with Crippen LogP contribution in [0.1, 0.15) is 21.5 Å². The average Bonchev–Trinajstić information content (AvgIpc) is 2.39. The number of halogens is 1. The molecule has 0 aliphatic rings. The van der Waals surface area contributed by atoms with Gasteiger partial charge in [-0.25, -0.2) is 4.79 Å². The van der Waals surface area contributed by atoms with E-state index in [1.54, 1.807) is 24.8 Å². The van der Waals surface area contributed by atoms with Gasteiger partial charge in [-0.1, -0.05) is 35.9 Å². The lowest BCUT2D eigenvalue weighted by molar-refractivity contribution is 0.0696. The minimum Gasteiger partial charge on any atom is -0.478 e. The van der Waals surface area contributed by atoms with Gasteiger partial charge < -0.3 is 5.11 Å². The van der Waals surface area contributed by atoms with Gasteiger partial charge in [-0.15, -0.1) is 11.8 Å². The fourth-order valence-corrected chi connectivity index (χ4v) is 2.92. The van der Waals surface area contributed by atoms with Gasteiger partial charge in [0, 0.05) is 15.7 Å². The van der Waals surface area contributed by atoms with Gasteiger partial charge >= 0.3 is 5.97 Å². The summed E-state index contributed by atoms with van der Waals surface area (Å²) in [7, 11) is 0. The van der Waals surface area contributed by atoms with E-state index in [2.05, 4.69) is 0 Å². The van der Waals surface area contributed by atoms with Crippen LogP contribution in [0.2, 0.25) is 5.02 Å². The van der Waals surface area contributed by atoms with Gasteiger partial charge in [0.05, 0.1) is 5.56 Å². The number of hydrogen-bond donors (Lipinski definition) is 1. The van der Waals surface area contributed by atoms with Crippen LogP contribution in [0.15, 0.2) is 47.4 Å². The van der Waals surface area contributed by atoms with Crippen LogP contribution in [-0.4, -0.2) is 11.1 Å². The lowest BCUT2D eigenvalue weighted by atomic mass is 10.1. The Morgan fingerprint density at radius 2 is 2.00 bits per heavy atom. The molecule has 0 unspecified atom stereocenters. The number of aryl methyl sites for hydroxylation is 1. The zero-order chi connectivity index (χ0) is 13.8. The second kappa shape index (κ2) is 6.13. The monoisotopic (exact) mass is 292 g/mol. The number of rotatable bonds is 4. The molecule has 0 atom stereocenters. The van der Waals surface area contributed by atoms with Crippen molar-refractivity contribution in [3.05, 3.63) is 64.2 Å². The Morgan fingerprint density at radius 1 is 1.26 bits per heavy atom. The third kappa shape index (κ3) is 3.52. The minimum atomic E-state index is -0.891. The molecule has 1 N–H and O–H groups in total. The van der Waals surface area contributed by atoms with Crippen molar-refractivity contribution >= 4 is 29.3 Å². The van der Waals surface area contributed by atoms with Crippen molar-refractivity contribution in [3.63, 3.8) is 0 Å². The maximum absolute atomic E-state index is 11.1. The van der Waals surface area contributed by atoms with Gasteiger partial charge in [0.1, 0.15) is 0 Å². The molecule has 0 radical (unpaired) electrons. The molecule has 0 fully saturated rings. The van der Waals surface area contributed by atoms with Gasteiger partial charge in [-0.3, -0.25) is 0 Å². The van der Waals surface area contributed by atoms with E-state index in [-0.39, 0.29) is 0 Å². The quantitative estimate of drug-likeness (QED) is 0.834. The van der Waals surface area contributed by atoms with E-state index in [1.807, 2.05) is 36.4 Å². The normalized spacial score (nSPS) is 10.4. The first-order chi connectivity index (χ1) is 9.08. The Labute approximate surface area is 121 Å². The molecule has 4 heteroatoms. The van der Waals surface area contributed by atoms with E-state index < -0.39 is 5.97 Å². The van der Waals surface area contributed by atoms with Crippen molar-refractivity contribution in [3.8, 4) is 0 Å². The first-order valence-electron chi connectivity index (χ1n) is 5.78. The third-order valence-corrected chi connectivity index (χ3v) is 4.20. The highest BCUT2D eigenvalue weighted by Gasteiger charge is 2.08. The van der Waals surface area contributed by atoms with E-state index in [1.165, 1.54) is 0 Å². The standard InChI is InChI=1S/C15H13ClO2S/c1-10-6-7-12(8-13(10)15(17)18)19-9-11-4-2-3-5-14(11)16/h2-8H,9H2,1H3,(H,17,18). The summed E-state index contributed by atoms with van der Waals surface area (Å²) in [6, 6.07) is 13.1. The summed E-state index contributed by atoms with van der Waals surface area (Å²) in [5.41, 5.74) is 2.17. The average molecular weight is 293 g/mol. The molecule has 0 saturated carbocycles.